The molecule has 0 fully saturated rings. The predicted octanol–water partition coefficient (Wildman–Crippen LogP) is 12.0. The van der Waals surface area contributed by atoms with Gasteiger partial charge in [-0.25, -0.2) is 9.97 Å². The summed E-state index contributed by atoms with van der Waals surface area (Å²) in [6, 6.07) is 57.3. The van der Waals surface area contributed by atoms with Gasteiger partial charge < -0.3 is 4.57 Å². The van der Waals surface area contributed by atoms with Crippen molar-refractivity contribution in [3.05, 3.63) is 163 Å². The van der Waals surface area contributed by atoms with Crippen LogP contribution in [0, 0.1) is 11.3 Å². The van der Waals surface area contributed by atoms with Crippen molar-refractivity contribution in [2.24, 2.45) is 0 Å². The zero-order valence-electron chi connectivity index (χ0n) is 26.7. The van der Waals surface area contributed by atoms with Crippen molar-refractivity contribution in [2.75, 3.05) is 0 Å². The molecule has 0 aliphatic carbocycles. The Balaban J connectivity index is 1.28. The monoisotopic (exact) mass is 654 g/mol. The van der Waals surface area contributed by atoms with Crippen molar-refractivity contribution in [2.45, 2.75) is 0 Å². The number of nitriles is 1. The number of para-hydroxylation sites is 2. The summed E-state index contributed by atoms with van der Waals surface area (Å²) >= 11 is 1.79. The van der Waals surface area contributed by atoms with Gasteiger partial charge in [-0.2, -0.15) is 5.26 Å². The molecule has 0 aliphatic rings. The molecular weight excluding hydrogens is 629 g/mol. The van der Waals surface area contributed by atoms with Crippen molar-refractivity contribution < 1.29 is 0 Å². The smallest absolute Gasteiger partial charge is 0.160 e. The first-order valence-corrected chi connectivity index (χ1v) is 17.4. The van der Waals surface area contributed by atoms with Crippen LogP contribution in [-0.2, 0) is 0 Å². The number of fused-ring (bicyclic) bond motifs is 8. The molecule has 50 heavy (non-hydrogen) atoms. The van der Waals surface area contributed by atoms with Gasteiger partial charge in [0.05, 0.1) is 22.4 Å². The van der Waals surface area contributed by atoms with Crippen LogP contribution in [0.5, 0.6) is 0 Å². The van der Waals surface area contributed by atoms with E-state index in [1.54, 1.807) is 11.3 Å². The second kappa shape index (κ2) is 11.2. The maximum absolute atomic E-state index is 10.8. The minimum Gasteiger partial charge on any atom is -0.309 e. The fraction of sp³-hybridized carbons (Fsp3) is 0. The fourth-order valence-corrected chi connectivity index (χ4v) is 8.44. The van der Waals surface area contributed by atoms with Gasteiger partial charge in [0.2, 0.25) is 0 Å². The molecule has 0 amide bonds. The third-order valence-corrected chi connectivity index (χ3v) is 10.8. The molecular formula is C45H26N4S. The number of benzene rings is 7. The maximum Gasteiger partial charge on any atom is 0.160 e. The van der Waals surface area contributed by atoms with E-state index in [2.05, 4.69) is 126 Å². The van der Waals surface area contributed by atoms with Crippen LogP contribution in [0.4, 0.5) is 0 Å². The number of hydrogen-bond acceptors (Lipinski definition) is 4. The van der Waals surface area contributed by atoms with Crippen LogP contribution in [0.25, 0.3) is 92.3 Å². The van der Waals surface area contributed by atoms with Gasteiger partial charge in [0.1, 0.15) is 11.6 Å². The molecule has 0 spiro atoms. The highest BCUT2D eigenvalue weighted by Crippen LogP contribution is 2.44. The summed E-state index contributed by atoms with van der Waals surface area (Å²) in [5, 5.41) is 17.8. The quantitative estimate of drug-likeness (QED) is 0.190. The van der Waals surface area contributed by atoms with Crippen molar-refractivity contribution in [3.63, 3.8) is 0 Å². The summed E-state index contributed by atoms with van der Waals surface area (Å²) < 4.78 is 4.80. The number of nitrogens with zero attached hydrogens (tertiary/aromatic N) is 4. The van der Waals surface area contributed by atoms with Crippen molar-refractivity contribution in [1.29, 1.82) is 5.26 Å². The van der Waals surface area contributed by atoms with Gasteiger partial charge in [-0.05, 0) is 53.2 Å². The van der Waals surface area contributed by atoms with Gasteiger partial charge in [-0.15, -0.1) is 11.3 Å². The Kier molecular flexibility index (Phi) is 6.38. The molecule has 3 aromatic heterocycles. The summed E-state index contributed by atoms with van der Waals surface area (Å²) in [7, 11) is 0. The lowest BCUT2D eigenvalue weighted by atomic mass is 9.97. The Hall–Kier alpha value is -6.61. The molecule has 0 radical (unpaired) electrons. The average molecular weight is 655 g/mol. The van der Waals surface area contributed by atoms with E-state index in [1.807, 2.05) is 42.5 Å². The zero-order chi connectivity index (χ0) is 33.2. The summed E-state index contributed by atoms with van der Waals surface area (Å²) in [6.07, 6.45) is 0. The van der Waals surface area contributed by atoms with Crippen molar-refractivity contribution in [1.82, 2.24) is 14.5 Å². The molecule has 0 bridgehead atoms. The first kappa shape index (κ1) is 28.4. The lowest BCUT2D eigenvalue weighted by molar-refractivity contribution is 1.17. The maximum atomic E-state index is 10.8. The summed E-state index contributed by atoms with van der Waals surface area (Å²) in [5.41, 5.74) is 7.86. The Morgan fingerprint density at radius 2 is 1.18 bits per heavy atom. The van der Waals surface area contributed by atoms with Crippen molar-refractivity contribution in [3.8, 4) is 45.7 Å². The Morgan fingerprint density at radius 1 is 0.520 bits per heavy atom. The number of thiophene rings is 1. The number of rotatable bonds is 4. The highest BCUT2D eigenvalue weighted by Gasteiger charge is 2.22. The molecule has 0 N–H and O–H groups in total. The topological polar surface area (TPSA) is 54.5 Å². The predicted molar refractivity (Wildman–Crippen MR) is 208 cm³/mol. The SMILES string of the molecule is N#Cc1c(-c2ccc3ccccc3c2)nc(-c2ccccc2)nc1-c1ccc2sc3ccc4c5ccccc5n(-c5ccccc5)c4c3c2c1. The van der Waals surface area contributed by atoms with Crippen LogP contribution >= 0.6 is 11.3 Å². The molecule has 3 heterocycles. The van der Waals surface area contributed by atoms with E-state index in [0.717, 1.165) is 38.5 Å². The van der Waals surface area contributed by atoms with Gasteiger partial charge in [0.25, 0.3) is 0 Å². The number of hydrogen-bond donors (Lipinski definition) is 0. The Bertz CT molecular complexity index is 2990. The average Bonchev–Trinajstić information content (AvgIpc) is 3.73. The van der Waals surface area contributed by atoms with Crippen LogP contribution in [-0.4, -0.2) is 14.5 Å². The van der Waals surface area contributed by atoms with Gasteiger partial charge >= 0.3 is 0 Å². The van der Waals surface area contributed by atoms with Crippen LogP contribution in [0.3, 0.4) is 0 Å². The van der Waals surface area contributed by atoms with Gasteiger partial charge in [-0.1, -0.05) is 115 Å². The summed E-state index contributed by atoms with van der Waals surface area (Å²) in [5.74, 6) is 0.588. The minimum absolute atomic E-state index is 0.461. The zero-order valence-corrected chi connectivity index (χ0v) is 27.5. The van der Waals surface area contributed by atoms with Gasteiger partial charge in [-0.3, -0.25) is 0 Å². The van der Waals surface area contributed by atoms with E-state index in [1.165, 1.54) is 36.6 Å². The minimum atomic E-state index is 0.461. The van der Waals surface area contributed by atoms with E-state index < -0.39 is 0 Å². The van der Waals surface area contributed by atoms with Crippen LogP contribution in [0.15, 0.2) is 158 Å². The normalized spacial score (nSPS) is 11.6. The Morgan fingerprint density at radius 3 is 1.98 bits per heavy atom. The third kappa shape index (κ3) is 4.36. The fourth-order valence-electron chi connectivity index (χ4n) is 7.35. The lowest BCUT2D eigenvalue weighted by Gasteiger charge is -2.13. The largest absolute Gasteiger partial charge is 0.309 e. The molecule has 10 rings (SSSR count). The molecule has 0 aliphatic heterocycles. The van der Waals surface area contributed by atoms with E-state index in [0.29, 0.717) is 22.8 Å². The molecule has 0 unspecified atom stereocenters. The van der Waals surface area contributed by atoms with Crippen molar-refractivity contribution >= 4 is 64.1 Å². The highest BCUT2D eigenvalue weighted by molar-refractivity contribution is 7.26. The molecule has 7 aromatic carbocycles. The third-order valence-electron chi connectivity index (χ3n) is 9.63. The molecule has 0 saturated heterocycles. The second-order valence-corrected chi connectivity index (χ2v) is 13.6. The molecule has 0 saturated carbocycles. The van der Waals surface area contributed by atoms with E-state index in [9.17, 15) is 5.26 Å². The van der Waals surface area contributed by atoms with Gasteiger partial charge in [0, 0.05) is 53.3 Å². The van der Waals surface area contributed by atoms with Crippen LogP contribution in [0.1, 0.15) is 5.56 Å². The van der Waals surface area contributed by atoms with Crippen LogP contribution in [0.2, 0.25) is 0 Å². The first-order chi connectivity index (χ1) is 24.7. The van der Waals surface area contributed by atoms with Gasteiger partial charge in [0.15, 0.2) is 5.82 Å². The Labute approximate surface area is 291 Å². The standard InChI is InChI=1S/C45H26N4S/c46-27-37-42(31-20-19-28-11-7-8-14-30(28)25-31)47-45(29-12-3-1-4-13-29)48-43(37)32-21-23-39-36(26-32)41-40(50-39)24-22-35-34-17-9-10-18-38(34)49(44(35)41)33-15-5-2-6-16-33/h1-26H. The number of aromatic nitrogens is 3. The van der Waals surface area contributed by atoms with Crippen LogP contribution < -0.4 is 0 Å². The molecule has 10 aromatic rings. The molecule has 5 heteroatoms. The second-order valence-electron chi connectivity index (χ2n) is 12.5. The van der Waals surface area contributed by atoms with E-state index >= 15 is 0 Å². The van der Waals surface area contributed by atoms with E-state index in [4.69, 9.17) is 9.97 Å². The molecule has 0 atom stereocenters. The highest BCUT2D eigenvalue weighted by atomic mass is 32.1. The van der Waals surface area contributed by atoms with E-state index in [-0.39, 0.29) is 0 Å². The first-order valence-electron chi connectivity index (χ1n) is 16.6. The lowest BCUT2D eigenvalue weighted by Crippen LogP contribution is -2.01. The molecule has 4 nitrogen and oxygen atoms in total. The summed E-state index contributed by atoms with van der Waals surface area (Å²) in [4.78, 5) is 10.2. The summed E-state index contributed by atoms with van der Waals surface area (Å²) in [6.45, 7) is 0. The molecule has 232 valence electrons.